The molecule has 0 radical (unpaired) electrons. The van der Waals surface area contributed by atoms with Crippen molar-refractivity contribution in [2.24, 2.45) is 0 Å². The van der Waals surface area contributed by atoms with Crippen molar-refractivity contribution in [3.8, 4) is 45.5 Å². The largest absolute Gasteiger partial charge is 0.295 e. The molecule has 13 rings (SSSR count). The minimum Gasteiger partial charge on any atom is -0.295 e. The normalized spacial score (nSPS) is 16.3. The molecule has 0 bridgehead atoms. The van der Waals surface area contributed by atoms with Crippen LogP contribution < -0.4 is 0 Å². The standard InChI is InChI=1S/C53H34N6/c1-3-15-33(16-4-1)49-55-50(34-17-5-2-6-18-34)57-52(56-49)59-45-25-13-9-21-39(45)40-31-35(27-29-46(40)59)36-28-30-47-43(32-36)53(51-54-44-24-12-14-26-48(44)58(47)51)41-22-10-7-19-37(41)38-20-8-11-23-42(38)53/h1-7,9-19,21-32H,8,20H2. The van der Waals surface area contributed by atoms with Crippen LogP contribution in [0.25, 0.3) is 84.0 Å². The van der Waals surface area contributed by atoms with Crippen LogP contribution in [0.3, 0.4) is 0 Å². The fourth-order valence-corrected chi connectivity index (χ4v) is 10.2. The summed E-state index contributed by atoms with van der Waals surface area (Å²) in [5.41, 5.74) is 15.9. The molecule has 0 saturated heterocycles. The Morgan fingerprint density at radius 2 is 1.14 bits per heavy atom. The predicted molar refractivity (Wildman–Crippen MR) is 237 cm³/mol. The number of fused-ring (bicyclic) bond motifs is 14. The maximum absolute atomic E-state index is 5.47. The van der Waals surface area contributed by atoms with E-state index in [4.69, 9.17) is 19.9 Å². The number of nitrogens with zero attached hydrogens (tertiary/aromatic N) is 6. The summed E-state index contributed by atoms with van der Waals surface area (Å²) in [6.07, 6.45) is 6.81. The van der Waals surface area contributed by atoms with E-state index < -0.39 is 5.41 Å². The Morgan fingerprint density at radius 1 is 0.475 bits per heavy atom. The van der Waals surface area contributed by atoms with Crippen LogP contribution in [0.1, 0.15) is 35.4 Å². The second kappa shape index (κ2) is 12.2. The van der Waals surface area contributed by atoms with Gasteiger partial charge in [-0.2, -0.15) is 9.97 Å². The van der Waals surface area contributed by atoms with Crippen molar-refractivity contribution in [1.82, 2.24) is 29.1 Å². The van der Waals surface area contributed by atoms with Crippen LogP contribution in [0.2, 0.25) is 0 Å². The van der Waals surface area contributed by atoms with Gasteiger partial charge in [-0.25, -0.2) is 9.97 Å². The molecule has 7 aromatic carbocycles. The van der Waals surface area contributed by atoms with Gasteiger partial charge in [-0.05, 0) is 94.3 Å². The van der Waals surface area contributed by atoms with Crippen molar-refractivity contribution < 1.29 is 0 Å². The number of aromatic nitrogens is 6. The molecule has 59 heavy (non-hydrogen) atoms. The lowest BCUT2D eigenvalue weighted by Gasteiger charge is -2.29. The van der Waals surface area contributed by atoms with E-state index in [9.17, 15) is 0 Å². The summed E-state index contributed by atoms with van der Waals surface area (Å²) in [4.78, 5) is 20.7. The molecule has 1 unspecified atom stereocenters. The molecule has 0 fully saturated rings. The predicted octanol–water partition coefficient (Wildman–Crippen LogP) is 12.1. The van der Waals surface area contributed by atoms with Crippen molar-refractivity contribution in [1.29, 1.82) is 0 Å². The molecule has 0 N–H and O–H groups in total. The first-order valence-electron chi connectivity index (χ1n) is 20.3. The lowest BCUT2D eigenvalue weighted by molar-refractivity contribution is 0.728. The minimum atomic E-state index is -0.515. The SMILES string of the molecule is C1=CC2=C(CC1)c1ccccc1C21c2cc(-c3ccc4c(c3)c3ccccc3n4-c3nc(-c4ccccc4)nc(-c4ccccc4)n3)ccc2-n2c1nc1ccccc12. The molecule has 6 heteroatoms. The van der Waals surface area contributed by atoms with Crippen LogP contribution in [-0.4, -0.2) is 29.1 Å². The van der Waals surface area contributed by atoms with Crippen LogP contribution in [0.5, 0.6) is 0 Å². The summed E-state index contributed by atoms with van der Waals surface area (Å²) in [6, 6.07) is 60.3. The third-order valence-electron chi connectivity index (χ3n) is 12.7. The Morgan fingerprint density at radius 3 is 1.95 bits per heavy atom. The van der Waals surface area contributed by atoms with Crippen LogP contribution in [0, 0.1) is 0 Å². The Hall–Kier alpha value is -7.70. The van der Waals surface area contributed by atoms with E-state index in [0.717, 1.165) is 68.2 Å². The minimum absolute atomic E-state index is 0.515. The van der Waals surface area contributed by atoms with Gasteiger partial charge in [0.15, 0.2) is 11.6 Å². The molecule has 4 heterocycles. The topological polar surface area (TPSA) is 61.4 Å². The van der Waals surface area contributed by atoms with E-state index in [2.05, 4.69) is 130 Å². The van der Waals surface area contributed by atoms with Gasteiger partial charge >= 0.3 is 0 Å². The van der Waals surface area contributed by atoms with Crippen LogP contribution in [-0.2, 0) is 5.41 Å². The van der Waals surface area contributed by atoms with Gasteiger partial charge in [0.05, 0.1) is 27.8 Å². The number of hydrogen-bond acceptors (Lipinski definition) is 4. The average Bonchev–Trinajstić information content (AvgIpc) is 4.02. The van der Waals surface area contributed by atoms with E-state index in [1.54, 1.807) is 0 Å². The molecule has 1 spiro atoms. The summed E-state index contributed by atoms with van der Waals surface area (Å²) >= 11 is 0. The number of imidazole rings is 1. The Labute approximate surface area is 340 Å². The van der Waals surface area contributed by atoms with E-state index in [0.29, 0.717) is 17.6 Å². The lowest BCUT2D eigenvalue weighted by Crippen LogP contribution is -2.28. The highest BCUT2D eigenvalue weighted by Crippen LogP contribution is 2.61. The molecule has 1 atom stereocenters. The van der Waals surface area contributed by atoms with Gasteiger partial charge in [0.1, 0.15) is 11.2 Å². The fourth-order valence-electron chi connectivity index (χ4n) is 10.2. The second-order valence-electron chi connectivity index (χ2n) is 15.7. The summed E-state index contributed by atoms with van der Waals surface area (Å²) in [5.74, 6) is 2.94. The zero-order valence-electron chi connectivity index (χ0n) is 31.9. The van der Waals surface area contributed by atoms with Crippen LogP contribution in [0.15, 0.2) is 188 Å². The monoisotopic (exact) mass is 754 g/mol. The molecular weight excluding hydrogens is 721 g/mol. The molecule has 10 aromatic rings. The zero-order chi connectivity index (χ0) is 38.7. The summed E-state index contributed by atoms with van der Waals surface area (Å²) in [6.45, 7) is 0. The summed E-state index contributed by atoms with van der Waals surface area (Å²) in [5, 5.41) is 2.28. The first-order chi connectivity index (χ1) is 29.3. The molecule has 3 aromatic heterocycles. The molecule has 2 aliphatic carbocycles. The number of hydrogen-bond donors (Lipinski definition) is 0. The Bertz CT molecular complexity index is 3390. The second-order valence-corrected chi connectivity index (χ2v) is 15.7. The van der Waals surface area contributed by atoms with Gasteiger partial charge < -0.3 is 0 Å². The molecule has 1 aliphatic heterocycles. The van der Waals surface area contributed by atoms with E-state index in [1.165, 1.54) is 39.1 Å². The van der Waals surface area contributed by atoms with Crippen LogP contribution in [0.4, 0.5) is 0 Å². The molecule has 0 amide bonds. The Balaban J connectivity index is 1.03. The van der Waals surface area contributed by atoms with E-state index in [-0.39, 0.29) is 0 Å². The molecule has 6 nitrogen and oxygen atoms in total. The lowest BCUT2D eigenvalue weighted by atomic mass is 9.71. The first kappa shape index (κ1) is 32.4. The van der Waals surface area contributed by atoms with Crippen LogP contribution >= 0.6 is 0 Å². The van der Waals surface area contributed by atoms with Crippen molar-refractivity contribution in [2.75, 3.05) is 0 Å². The van der Waals surface area contributed by atoms with Gasteiger partial charge in [-0.1, -0.05) is 140 Å². The van der Waals surface area contributed by atoms with Crippen molar-refractivity contribution >= 4 is 38.4 Å². The van der Waals surface area contributed by atoms with Gasteiger partial charge in [-0.3, -0.25) is 9.13 Å². The number of allylic oxidation sites excluding steroid dienone is 4. The molecular formula is C53H34N6. The van der Waals surface area contributed by atoms with E-state index >= 15 is 0 Å². The number of rotatable bonds is 4. The first-order valence-corrected chi connectivity index (χ1v) is 20.3. The highest BCUT2D eigenvalue weighted by molar-refractivity contribution is 6.10. The van der Waals surface area contributed by atoms with Gasteiger partial charge in [0.25, 0.3) is 0 Å². The number of benzene rings is 7. The highest BCUT2D eigenvalue weighted by atomic mass is 15.2. The third-order valence-corrected chi connectivity index (χ3v) is 12.7. The summed E-state index contributed by atoms with van der Waals surface area (Å²) in [7, 11) is 0. The maximum atomic E-state index is 5.47. The van der Waals surface area contributed by atoms with E-state index in [1.807, 2.05) is 60.7 Å². The maximum Gasteiger partial charge on any atom is 0.238 e. The van der Waals surface area contributed by atoms with Gasteiger partial charge in [0.2, 0.25) is 5.95 Å². The Kier molecular flexibility index (Phi) is 6.67. The van der Waals surface area contributed by atoms with Gasteiger partial charge in [0, 0.05) is 21.9 Å². The van der Waals surface area contributed by atoms with Gasteiger partial charge in [-0.15, -0.1) is 0 Å². The highest BCUT2D eigenvalue weighted by Gasteiger charge is 2.55. The third kappa shape index (κ3) is 4.45. The van der Waals surface area contributed by atoms with Crippen molar-refractivity contribution in [3.63, 3.8) is 0 Å². The molecule has 276 valence electrons. The smallest absolute Gasteiger partial charge is 0.238 e. The van der Waals surface area contributed by atoms with Crippen molar-refractivity contribution in [3.05, 3.63) is 210 Å². The van der Waals surface area contributed by atoms with Crippen molar-refractivity contribution in [2.45, 2.75) is 18.3 Å². The zero-order valence-corrected chi connectivity index (χ0v) is 31.9. The molecule has 0 saturated carbocycles. The quantitative estimate of drug-likeness (QED) is 0.179. The average molecular weight is 755 g/mol. The fraction of sp³-hybridized carbons (Fsp3) is 0.0566. The molecule has 3 aliphatic rings. The number of para-hydroxylation sites is 3. The summed E-state index contributed by atoms with van der Waals surface area (Å²) < 4.78 is 4.61.